The summed E-state index contributed by atoms with van der Waals surface area (Å²) in [4.78, 5) is 12.3. The van der Waals surface area contributed by atoms with Gasteiger partial charge in [-0.3, -0.25) is 0 Å². The summed E-state index contributed by atoms with van der Waals surface area (Å²) in [5.41, 5.74) is 3.70. The van der Waals surface area contributed by atoms with E-state index in [9.17, 15) is 4.79 Å². The van der Waals surface area contributed by atoms with Gasteiger partial charge < -0.3 is 4.74 Å². The van der Waals surface area contributed by atoms with Crippen LogP contribution in [0.4, 0.5) is 4.79 Å². The van der Waals surface area contributed by atoms with Crippen LogP contribution in [0.1, 0.15) is 31.9 Å². The number of rotatable bonds is 0. The zero-order valence-electron chi connectivity index (χ0n) is 12.3. The molecule has 3 rings (SSSR count). The third-order valence-electron chi connectivity index (χ3n) is 3.40. The number of ether oxygens (including phenoxy) is 1. The van der Waals surface area contributed by atoms with Gasteiger partial charge in [0.25, 0.3) is 0 Å². The van der Waals surface area contributed by atoms with Gasteiger partial charge in [-0.25, -0.2) is 4.79 Å². The van der Waals surface area contributed by atoms with E-state index in [4.69, 9.17) is 4.74 Å². The van der Waals surface area contributed by atoms with Crippen molar-refractivity contribution in [3.8, 4) is 11.3 Å². The Morgan fingerprint density at radius 2 is 2.00 bits per heavy atom. The van der Waals surface area contributed by atoms with E-state index in [2.05, 4.69) is 27.1 Å². The van der Waals surface area contributed by atoms with E-state index in [-0.39, 0.29) is 0 Å². The zero-order valence-corrected chi connectivity index (χ0v) is 13.9. The van der Waals surface area contributed by atoms with Gasteiger partial charge in [-0.2, -0.15) is 9.78 Å². The number of hydrogen-bond acceptors (Lipinski definition) is 3. The van der Waals surface area contributed by atoms with Crippen molar-refractivity contribution in [1.82, 2.24) is 9.78 Å². The maximum atomic E-state index is 12.3. The van der Waals surface area contributed by atoms with Gasteiger partial charge in [-0.15, -0.1) is 0 Å². The minimum atomic E-state index is -0.535. The van der Waals surface area contributed by atoms with Gasteiger partial charge in [-0.1, -0.05) is 22.0 Å². The first-order chi connectivity index (χ1) is 9.85. The summed E-state index contributed by atoms with van der Waals surface area (Å²) < 4.78 is 7.87. The molecular weight excluding hydrogens is 332 g/mol. The van der Waals surface area contributed by atoms with Gasteiger partial charge in [0.15, 0.2) is 0 Å². The molecule has 0 atom stereocenters. The van der Waals surface area contributed by atoms with Crippen LogP contribution in [0.5, 0.6) is 0 Å². The molecule has 0 N–H and O–H groups in total. The fourth-order valence-electron chi connectivity index (χ4n) is 2.57. The summed E-state index contributed by atoms with van der Waals surface area (Å²) in [6.45, 7) is 5.56. The van der Waals surface area contributed by atoms with Crippen molar-refractivity contribution in [2.75, 3.05) is 0 Å². The largest absolute Gasteiger partial charge is 0.442 e. The molecule has 1 aliphatic carbocycles. The molecule has 5 heteroatoms. The first-order valence-corrected chi connectivity index (χ1v) is 7.73. The fraction of sp³-hybridized carbons (Fsp3) is 0.375. The van der Waals surface area contributed by atoms with Crippen LogP contribution in [0.3, 0.4) is 0 Å². The van der Waals surface area contributed by atoms with Crippen LogP contribution < -0.4 is 0 Å². The Kier molecular flexibility index (Phi) is 3.40. The lowest BCUT2D eigenvalue weighted by Gasteiger charge is -2.22. The molecule has 1 heterocycles. The average molecular weight is 349 g/mol. The van der Waals surface area contributed by atoms with Crippen LogP contribution in [0.25, 0.3) is 11.3 Å². The summed E-state index contributed by atoms with van der Waals surface area (Å²) >= 11 is 3.49. The minimum Gasteiger partial charge on any atom is -0.442 e. The first kappa shape index (κ1) is 14.3. The summed E-state index contributed by atoms with van der Waals surface area (Å²) in [6, 6.07) is 6.12. The van der Waals surface area contributed by atoms with Crippen molar-refractivity contribution in [1.29, 1.82) is 0 Å². The molecule has 2 aromatic rings. The van der Waals surface area contributed by atoms with Gasteiger partial charge in [0.2, 0.25) is 0 Å². The number of fused-ring (bicyclic) bond motifs is 3. The minimum absolute atomic E-state index is 0.431. The van der Waals surface area contributed by atoms with E-state index in [0.717, 1.165) is 34.1 Å². The molecule has 21 heavy (non-hydrogen) atoms. The molecule has 0 aliphatic heterocycles. The highest BCUT2D eigenvalue weighted by atomic mass is 79.9. The summed E-state index contributed by atoms with van der Waals surface area (Å²) in [7, 11) is 0. The molecule has 1 aromatic carbocycles. The lowest BCUT2D eigenvalue weighted by Crippen LogP contribution is -2.28. The Bertz CT molecular complexity index is 714. The number of aryl methyl sites for hydroxylation is 2. The van der Waals surface area contributed by atoms with Gasteiger partial charge in [0, 0.05) is 10.0 Å². The lowest BCUT2D eigenvalue weighted by molar-refractivity contribution is 0.0517. The summed E-state index contributed by atoms with van der Waals surface area (Å²) in [5.74, 6) is 0. The second kappa shape index (κ2) is 4.98. The van der Waals surface area contributed by atoms with Crippen LogP contribution in [0, 0.1) is 0 Å². The molecule has 0 radical (unpaired) electrons. The Morgan fingerprint density at radius 3 is 2.71 bits per heavy atom. The summed E-state index contributed by atoms with van der Waals surface area (Å²) in [6.07, 6.45) is 3.19. The van der Waals surface area contributed by atoms with Crippen LogP contribution in [0.2, 0.25) is 0 Å². The maximum Gasteiger partial charge on any atom is 0.435 e. The van der Waals surface area contributed by atoms with Crippen molar-refractivity contribution >= 4 is 22.0 Å². The quantitative estimate of drug-likeness (QED) is 0.716. The second-order valence-corrected chi connectivity index (χ2v) is 7.13. The molecule has 0 saturated heterocycles. The maximum absolute atomic E-state index is 12.3. The number of carbonyl (C=O) groups excluding carboxylic acids is 1. The predicted octanol–water partition coefficient (Wildman–Crippen LogP) is 4.19. The normalized spacial score (nSPS) is 13.5. The summed E-state index contributed by atoms with van der Waals surface area (Å²) in [5, 5.41) is 4.23. The molecule has 0 unspecified atom stereocenters. The van der Waals surface area contributed by atoms with E-state index in [1.165, 1.54) is 10.2 Å². The number of carbonyl (C=O) groups is 1. The van der Waals surface area contributed by atoms with Crippen molar-refractivity contribution in [3.05, 3.63) is 40.0 Å². The monoisotopic (exact) mass is 348 g/mol. The molecule has 1 aromatic heterocycles. The standard InChI is InChI=1S/C16H17BrN2O2/c1-16(2,3)21-15(20)19-14-11(9-18-19)5-4-10-8-12(17)6-7-13(10)14/h6-9H,4-5H2,1-3H3. The van der Waals surface area contributed by atoms with Gasteiger partial charge >= 0.3 is 6.09 Å². The van der Waals surface area contributed by atoms with Crippen molar-refractivity contribution < 1.29 is 9.53 Å². The molecule has 0 spiro atoms. The van der Waals surface area contributed by atoms with Crippen LogP contribution >= 0.6 is 15.9 Å². The molecule has 1 aliphatic rings. The zero-order chi connectivity index (χ0) is 15.2. The highest BCUT2D eigenvalue weighted by molar-refractivity contribution is 9.10. The van der Waals surface area contributed by atoms with Crippen LogP contribution in [-0.4, -0.2) is 21.5 Å². The predicted molar refractivity (Wildman–Crippen MR) is 84.4 cm³/mol. The van der Waals surface area contributed by atoms with Crippen molar-refractivity contribution in [2.24, 2.45) is 0 Å². The molecule has 0 saturated carbocycles. The molecule has 4 nitrogen and oxygen atoms in total. The Balaban J connectivity index is 2.07. The number of nitrogens with zero attached hydrogens (tertiary/aromatic N) is 2. The van der Waals surface area contributed by atoms with Crippen LogP contribution in [-0.2, 0) is 17.6 Å². The average Bonchev–Trinajstić information content (AvgIpc) is 2.80. The van der Waals surface area contributed by atoms with E-state index < -0.39 is 11.7 Å². The Morgan fingerprint density at radius 1 is 1.29 bits per heavy atom. The Hall–Kier alpha value is -1.62. The smallest absolute Gasteiger partial charge is 0.435 e. The number of halogens is 1. The number of aromatic nitrogens is 2. The van der Waals surface area contributed by atoms with E-state index >= 15 is 0 Å². The molecule has 0 fully saturated rings. The lowest BCUT2D eigenvalue weighted by atomic mass is 9.90. The molecular formula is C16H17BrN2O2. The number of hydrogen-bond donors (Lipinski definition) is 0. The fourth-order valence-corrected chi connectivity index (χ4v) is 2.97. The molecule has 0 bridgehead atoms. The SMILES string of the molecule is CC(C)(C)OC(=O)n1ncc2c1-c1ccc(Br)cc1CC2. The molecule has 0 amide bonds. The van der Waals surface area contributed by atoms with Crippen LogP contribution in [0.15, 0.2) is 28.9 Å². The van der Waals surface area contributed by atoms with Crippen molar-refractivity contribution in [2.45, 2.75) is 39.2 Å². The van der Waals surface area contributed by atoms with Gasteiger partial charge in [0.1, 0.15) is 5.60 Å². The number of benzene rings is 1. The third-order valence-corrected chi connectivity index (χ3v) is 3.89. The topological polar surface area (TPSA) is 44.1 Å². The Labute approximate surface area is 132 Å². The first-order valence-electron chi connectivity index (χ1n) is 6.94. The molecule has 110 valence electrons. The highest BCUT2D eigenvalue weighted by Crippen LogP contribution is 2.35. The third kappa shape index (κ3) is 2.75. The second-order valence-electron chi connectivity index (χ2n) is 6.21. The van der Waals surface area contributed by atoms with E-state index in [0.29, 0.717) is 0 Å². The van der Waals surface area contributed by atoms with Gasteiger partial charge in [0.05, 0.1) is 11.9 Å². The van der Waals surface area contributed by atoms with E-state index in [1.807, 2.05) is 32.9 Å². The van der Waals surface area contributed by atoms with Crippen molar-refractivity contribution in [3.63, 3.8) is 0 Å². The van der Waals surface area contributed by atoms with Gasteiger partial charge in [-0.05, 0) is 56.9 Å². The van der Waals surface area contributed by atoms with E-state index in [1.54, 1.807) is 6.20 Å². The highest BCUT2D eigenvalue weighted by Gasteiger charge is 2.26.